The lowest BCUT2D eigenvalue weighted by molar-refractivity contribution is -0.142. The fourth-order valence-electron chi connectivity index (χ4n) is 5.11. The minimum absolute atomic E-state index is 0.0219. The van der Waals surface area contributed by atoms with Crippen molar-refractivity contribution in [1.82, 2.24) is 18.9 Å². The zero-order valence-electron chi connectivity index (χ0n) is 18.9. The Morgan fingerprint density at radius 1 is 0.970 bits per heavy atom. The van der Waals surface area contributed by atoms with Crippen LogP contribution in [0.5, 0.6) is 0 Å². The highest BCUT2D eigenvalue weighted by atomic mass is 19.4. The maximum atomic E-state index is 13.2. The Balaban J connectivity index is 1.41. The molecule has 33 heavy (non-hydrogen) atoms. The third-order valence-corrected chi connectivity index (χ3v) is 7.15. The Morgan fingerprint density at radius 3 is 2.15 bits per heavy atom. The maximum absolute atomic E-state index is 13.2. The molecule has 4 rings (SSSR count). The number of aryl methyl sites for hydroxylation is 1. The van der Waals surface area contributed by atoms with E-state index < -0.39 is 11.7 Å². The Morgan fingerprint density at radius 2 is 1.58 bits per heavy atom. The molecule has 0 bridgehead atoms. The Kier molecular flexibility index (Phi) is 6.28. The minimum Gasteiger partial charge on any atom is -0.339 e. The van der Waals surface area contributed by atoms with Gasteiger partial charge in [0.15, 0.2) is 0 Å². The molecule has 2 aliphatic rings. The number of benzene rings is 1. The quantitative estimate of drug-likeness (QED) is 0.699. The first-order valence-corrected chi connectivity index (χ1v) is 11.4. The van der Waals surface area contributed by atoms with Crippen molar-refractivity contribution in [2.75, 3.05) is 26.2 Å². The number of amides is 2. The van der Waals surface area contributed by atoms with Gasteiger partial charge in [-0.1, -0.05) is 0 Å². The van der Waals surface area contributed by atoms with Gasteiger partial charge in [-0.25, -0.2) is 4.79 Å². The molecule has 0 spiro atoms. The van der Waals surface area contributed by atoms with Crippen LogP contribution in [-0.4, -0.2) is 56.9 Å². The summed E-state index contributed by atoms with van der Waals surface area (Å²) in [6.07, 6.45) is -1.59. The van der Waals surface area contributed by atoms with Gasteiger partial charge in [-0.15, -0.1) is 0 Å². The van der Waals surface area contributed by atoms with E-state index in [-0.39, 0.29) is 29.3 Å². The number of carbonyl (C=O) groups excluding carboxylic acids is 2. The average molecular weight is 467 g/mol. The van der Waals surface area contributed by atoms with Gasteiger partial charge >= 0.3 is 11.9 Å². The largest absolute Gasteiger partial charge is 0.416 e. The predicted molar refractivity (Wildman–Crippen MR) is 116 cm³/mol. The van der Waals surface area contributed by atoms with Gasteiger partial charge in [0.2, 0.25) is 11.8 Å². The molecule has 1 aliphatic carbocycles. The van der Waals surface area contributed by atoms with Crippen molar-refractivity contribution in [2.24, 2.45) is 18.9 Å². The number of piperazine rings is 1. The number of hydrogen-bond donors (Lipinski definition) is 0. The third kappa shape index (κ3) is 4.65. The van der Waals surface area contributed by atoms with E-state index >= 15 is 0 Å². The molecule has 1 aliphatic heterocycles. The smallest absolute Gasteiger partial charge is 0.339 e. The first-order chi connectivity index (χ1) is 15.6. The summed E-state index contributed by atoms with van der Waals surface area (Å²) in [4.78, 5) is 40.7. The fraction of sp³-hybridized carbons (Fsp3) is 0.609. The molecule has 2 amide bonds. The molecule has 2 heterocycles. The van der Waals surface area contributed by atoms with Crippen molar-refractivity contribution in [3.63, 3.8) is 0 Å². The molecule has 180 valence electrons. The van der Waals surface area contributed by atoms with Crippen molar-refractivity contribution < 1.29 is 22.8 Å². The van der Waals surface area contributed by atoms with Gasteiger partial charge in [0, 0.05) is 52.6 Å². The van der Waals surface area contributed by atoms with E-state index in [0.29, 0.717) is 56.6 Å². The molecule has 1 aromatic heterocycles. The normalized spacial score (nSPS) is 22.1. The highest BCUT2D eigenvalue weighted by molar-refractivity contribution is 5.80. The van der Waals surface area contributed by atoms with Gasteiger partial charge in [0.1, 0.15) is 0 Å². The number of halogens is 3. The van der Waals surface area contributed by atoms with E-state index in [9.17, 15) is 27.6 Å². The van der Waals surface area contributed by atoms with E-state index in [1.54, 1.807) is 11.9 Å². The molecule has 0 N–H and O–H groups in total. The van der Waals surface area contributed by atoms with Crippen molar-refractivity contribution >= 4 is 22.8 Å². The molecule has 2 fully saturated rings. The summed E-state index contributed by atoms with van der Waals surface area (Å²) in [6, 6.07) is 3.39. The summed E-state index contributed by atoms with van der Waals surface area (Å²) in [7, 11) is 1.57. The summed E-state index contributed by atoms with van der Waals surface area (Å²) in [5.41, 5.74) is -0.333. The second kappa shape index (κ2) is 8.87. The zero-order chi connectivity index (χ0) is 23.9. The van der Waals surface area contributed by atoms with Crippen LogP contribution < -0.4 is 5.69 Å². The lowest BCUT2D eigenvalue weighted by Gasteiger charge is -2.37. The molecule has 1 saturated carbocycles. The molecule has 0 radical (unpaired) electrons. The number of rotatable bonds is 3. The van der Waals surface area contributed by atoms with Crippen LogP contribution in [-0.2, 0) is 29.4 Å². The van der Waals surface area contributed by atoms with Crippen LogP contribution in [0.3, 0.4) is 0 Å². The molecule has 0 atom stereocenters. The van der Waals surface area contributed by atoms with Crippen molar-refractivity contribution in [3.05, 3.63) is 34.2 Å². The monoisotopic (exact) mass is 466 g/mol. The second-order valence-electron chi connectivity index (χ2n) is 9.20. The topological polar surface area (TPSA) is 67.6 Å². The highest BCUT2D eigenvalue weighted by Crippen LogP contribution is 2.34. The minimum atomic E-state index is -4.47. The van der Waals surface area contributed by atoms with Gasteiger partial charge in [-0.3, -0.25) is 18.7 Å². The molecule has 10 heteroatoms. The highest BCUT2D eigenvalue weighted by Gasteiger charge is 2.33. The number of fused-ring (bicyclic) bond motifs is 1. The van der Waals surface area contributed by atoms with Gasteiger partial charge in [0.25, 0.3) is 0 Å². The summed E-state index contributed by atoms with van der Waals surface area (Å²) >= 11 is 0. The predicted octanol–water partition coefficient (Wildman–Crippen LogP) is 2.86. The molecule has 1 saturated heterocycles. The van der Waals surface area contributed by atoms with Gasteiger partial charge in [0.05, 0.1) is 16.6 Å². The van der Waals surface area contributed by atoms with Crippen LogP contribution in [0.15, 0.2) is 23.0 Å². The third-order valence-electron chi connectivity index (χ3n) is 7.15. The van der Waals surface area contributed by atoms with Gasteiger partial charge in [-0.2, -0.15) is 13.2 Å². The van der Waals surface area contributed by atoms with Crippen molar-refractivity contribution in [2.45, 2.75) is 45.3 Å². The van der Waals surface area contributed by atoms with E-state index in [1.165, 1.54) is 22.1 Å². The van der Waals surface area contributed by atoms with E-state index in [0.717, 1.165) is 25.0 Å². The van der Waals surface area contributed by atoms with Crippen LogP contribution in [0.25, 0.3) is 11.0 Å². The van der Waals surface area contributed by atoms with Crippen molar-refractivity contribution in [1.29, 1.82) is 0 Å². The first-order valence-electron chi connectivity index (χ1n) is 11.4. The maximum Gasteiger partial charge on any atom is 0.416 e. The molecule has 7 nitrogen and oxygen atoms in total. The van der Waals surface area contributed by atoms with Crippen LogP contribution >= 0.6 is 0 Å². The van der Waals surface area contributed by atoms with Crippen LogP contribution in [0, 0.1) is 11.8 Å². The number of alkyl halides is 3. The van der Waals surface area contributed by atoms with Gasteiger partial charge in [-0.05, 0) is 49.8 Å². The SMILES string of the molecule is CC(=O)N1CCN(C(=O)C2CCC(Cn3c(=O)n(C)c4ccc(C(F)(F)F)cc43)CC2)CC1. The van der Waals surface area contributed by atoms with E-state index in [2.05, 4.69) is 0 Å². The summed E-state index contributed by atoms with van der Waals surface area (Å²) in [6.45, 7) is 4.08. The molecule has 2 aromatic rings. The molecule has 0 unspecified atom stereocenters. The first kappa shape index (κ1) is 23.4. The van der Waals surface area contributed by atoms with Gasteiger partial charge < -0.3 is 9.80 Å². The molecular weight excluding hydrogens is 437 g/mol. The number of aromatic nitrogens is 2. The standard InChI is InChI=1S/C23H29F3N4O3/c1-15(31)28-9-11-29(12-10-28)21(32)17-5-3-16(4-6-17)14-30-20-13-18(23(24,25)26)7-8-19(20)27(2)22(30)33/h7-8,13,16-17H,3-6,9-12,14H2,1-2H3. The van der Waals surface area contributed by atoms with Crippen LogP contribution in [0.1, 0.15) is 38.2 Å². The zero-order valence-corrected chi connectivity index (χ0v) is 18.9. The number of nitrogens with zero attached hydrogens (tertiary/aromatic N) is 4. The second-order valence-corrected chi connectivity index (χ2v) is 9.20. The van der Waals surface area contributed by atoms with Crippen LogP contribution in [0.2, 0.25) is 0 Å². The molecule has 1 aromatic carbocycles. The fourth-order valence-corrected chi connectivity index (χ4v) is 5.11. The lowest BCUT2D eigenvalue weighted by atomic mass is 9.81. The Bertz CT molecular complexity index is 1100. The Labute approximate surface area is 189 Å². The number of imidazole rings is 1. The average Bonchev–Trinajstić information content (AvgIpc) is 3.03. The summed E-state index contributed by atoms with van der Waals surface area (Å²) in [5.74, 6) is 0.190. The summed E-state index contributed by atoms with van der Waals surface area (Å²) in [5, 5.41) is 0. The van der Waals surface area contributed by atoms with E-state index in [1.807, 2.05) is 4.90 Å². The molecular formula is C23H29F3N4O3. The van der Waals surface area contributed by atoms with Crippen LogP contribution in [0.4, 0.5) is 13.2 Å². The van der Waals surface area contributed by atoms with E-state index in [4.69, 9.17) is 0 Å². The number of carbonyl (C=O) groups is 2. The number of hydrogen-bond acceptors (Lipinski definition) is 3. The lowest BCUT2D eigenvalue weighted by Crippen LogP contribution is -2.51. The Hall–Kier alpha value is -2.78. The summed E-state index contributed by atoms with van der Waals surface area (Å²) < 4.78 is 42.4. The van der Waals surface area contributed by atoms with Crippen molar-refractivity contribution in [3.8, 4) is 0 Å².